The van der Waals surface area contributed by atoms with E-state index >= 15 is 0 Å². The molecule has 2 rings (SSSR count). The summed E-state index contributed by atoms with van der Waals surface area (Å²) < 4.78 is 5.82. The Balaban J connectivity index is 2.37. The zero-order valence-corrected chi connectivity index (χ0v) is 8.70. The second-order valence-electron chi connectivity index (χ2n) is 4.00. The van der Waals surface area contributed by atoms with Crippen LogP contribution in [0, 0.1) is 0 Å². The zero-order chi connectivity index (χ0) is 10.2. The first-order valence-corrected chi connectivity index (χ1v) is 4.71. The maximum Gasteiger partial charge on any atom is 0.125 e. The Morgan fingerprint density at radius 2 is 2.07 bits per heavy atom. The minimum Gasteiger partial charge on any atom is -0.485 e. The average molecular weight is 193 g/mol. The molecule has 3 heteroatoms. The minimum absolute atomic E-state index is 0.0868. The molecule has 1 heterocycles. The number of rotatable bonds is 2. The molecule has 0 fully saturated rings. The standard InChI is InChI=1S/C11H15NO2/c1-11(2)10(12-13-3)8-6-4-5-7-9(8)14-11/h4-7,10,12H,1-3H3. The lowest BCUT2D eigenvalue weighted by atomic mass is 9.95. The van der Waals surface area contributed by atoms with Gasteiger partial charge in [-0.3, -0.25) is 0 Å². The molecule has 3 nitrogen and oxygen atoms in total. The van der Waals surface area contributed by atoms with E-state index in [0.717, 1.165) is 11.3 Å². The van der Waals surface area contributed by atoms with Crippen molar-refractivity contribution in [2.24, 2.45) is 0 Å². The number of hydrogen-bond acceptors (Lipinski definition) is 3. The number of fused-ring (bicyclic) bond motifs is 1. The first-order chi connectivity index (χ1) is 6.65. The quantitative estimate of drug-likeness (QED) is 0.729. The molecule has 1 aromatic carbocycles. The van der Waals surface area contributed by atoms with Gasteiger partial charge < -0.3 is 9.57 Å². The molecule has 0 aromatic heterocycles. The second kappa shape index (κ2) is 3.26. The zero-order valence-electron chi connectivity index (χ0n) is 8.70. The van der Waals surface area contributed by atoms with Crippen LogP contribution in [0.4, 0.5) is 0 Å². The lowest BCUT2D eigenvalue weighted by molar-refractivity contribution is -0.00524. The smallest absolute Gasteiger partial charge is 0.125 e. The Morgan fingerprint density at radius 3 is 2.79 bits per heavy atom. The molecule has 1 aliphatic rings. The van der Waals surface area contributed by atoms with Gasteiger partial charge in [0.05, 0.1) is 13.2 Å². The van der Waals surface area contributed by atoms with Crippen molar-refractivity contribution in [2.75, 3.05) is 7.11 Å². The van der Waals surface area contributed by atoms with Gasteiger partial charge in [0.25, 0.3) is 0 Å². The lowest BCUT2D eigenvalue weighted by Gasteiger charge is -2.26. The van der Waals surface area contributed by atoms with Crippen LogP contribution in [0.3, 0.4) is 0 Å². The summed E-state index contributed by atoms with van der Waals surface area (Å²) in [5.41, 5.74) is 3.85. The molecule has 0 saturated carbocycles. The molecule has 1 atom stereocenters. The van der Waals surface area contributed by atoms with Gasteiger partial charge in [0.2, 0.25) is 0 Å². The Bertz CT molecular complexity index is 336. The van der Waals surface area contributed by atoms with E-state index in [-0.39, 0.29) is 11.6 Å². The van der Waals surface area contributed by atoms with Crippen molar-refractivity contribution in [1.29, 1.82) is 0 Å². The van der Waals surface area contributed by atoms with Crippen molar-refractivity contribution >= 4 is 0 Å². The predicted molar refractivity (Wildman–Crippen MR) is 54.0 cm³/mol. The molecule has 1 unspecified atom stereocenters. The van der Waals surface area contributed by atoms with Gasteiger partial charge in [0, 0.05) is 5.56 Å². The van der Waals surface area contributed by atoms with Gasteiger partial charge in [0.1, 0.15) is 11.4 Å². The summed E-state index contributed by atoms with van der Waals surface area (Å²) in [7, 11) is 1.62. The Hall–Kier alpha value is -1.06. The molecule has 0 saturated heterocycles. The van der Waals surface area contributed by atoms with E-state index in [9.17, 15) is 0 Å². The van der Waals surface area contributed by atoms with E-state index in [1.54, 1.807) is 7.11 Å². The Labute approximate surface area is 84.0 Å². The normalized spacial score (nSPS) is 22.9. The Morgan fingerprint density at radius 1 is 1.36 bits per heavy atom. The second-order valence-corrected chi connectivity index (χ2v) is 4.00. The van der Waals surface area contributed by atoms with Crippen molar-refractivity contribution in [2.45, 2.75) is 25.5 Å². The largest absolute Gasteiger partial charge is 0.485 e. The number of hydrogen-bond donors (Lipinski definition) is 1. The van der Waals surface area contributed by atoms with Crippen molar-refractivity contribution in [3.05, 3.63) is 29.8 Å². The number of benzene rings is 1. The van der Waals surface area contributed by atoms with E-state index in [0.29, 0.717) is 0 Å². The van der Waals surface area contributed by atoms with Crippen LogP contribution in [-0.2, 0) is 4.84 Å². The molecule has 1 aliphatic heterocycles. The molecule has 0 bridgehead atoms. The molecule has 1 N–H and O–H groups in total. The number of nitrogens with one attached hydrogen (secondary N) is 1. The molecular formula is C11H15NO2. The molecule has 76 valence electrons. The van der Waals surface area contributed by atoms with Gasteiger partial charge in [-0.05, 0) is 19.9 Å². The summed E-state index contributed by atoms with van der Waals surface area (Å²) in [6, 6.07) is 8.11. The highest BCUT2D eigenvalue weighted by atomic mass is 16.6. The van der Waals surface area contributed by atoms with Gasteiger partial charge in [-0.25, -0.2) is 0 Å². The third-order valence-electron chi connectivity index (χ3n) is 2.53. The SMILES string of the molecule is CONC1c2ccccc2OC1(C)C. The summed E-state index contributed by atoms with van der Waals surface area (Å²) in [4.78, 5) is 4.99. The van der Waals surface area contributed by atoms with Gasteiger partial charge in [0.15, 0.2) is 0 Å². The fraction of sp³-hybridized carbons (Fsp3) is 0.455. The summed E-state index contributed by atoms with van der Waals surface area (Å²) >= 11 is 0. The van der Waals surface area contributed by atoms with E-state index in [1.165, 1.54) is 0 Å². The molecule has 0 spiro atoms. The maximum absolute atomic E-state index is 5.82. The molecule has 0 radical (unpaired) electrons. The summed E-state index contributed by atoms with van der Waals surface area (Å²) in [5.74, 6) is 0.937. The summed E-state index contributed by atoms with van der Waals surface area (Å²) in [6.07, 6.45) is 0. The van der Waals surface area contributed by atoms with Gasteiger partial charge >= 0.3 is 0 Å². The topological polar surface area (TPSA) is 30.5 Å². The molecule has 1 aromatic rings. The highest BCUT2D eigenvalue weighted by molar-refractivity contribution is 5.41. The van der Waals surface area contributed by atoms with Gasteiger partial charge in [-0.1, -0.05) is 18.2 Å². The maximum atomic E-state index is 5.82. The van der Waals surface area contributed by atoms with E-state index < -0.39 is 0 Å². The first kappa shape index (κ1) is 9.49. The van der Waals surface area contributed by atoms with Crippen molar-refractivity contribution in [3.63, 3.8) is 0 Å². The van der Waals surface area contributed by atoms with E-state index in [2.05, 4.69) is 11.5 Å². The molecule has 14 heavy (non-hydrogen) atoms. The van der Waals surface area contributed by atoms with Crippen LogP contribution in [0.15, 0.2) is 24.3 Å². The third kappa shape index (κ3) is 1.38. The van der Waals surface area contributed by atoms with Gasteiger partial charge in [-0.2, -0.15) is 5.48 Å². The minimum atomic E-state index is -0.264. The van der Waals surface area contributed by atoms with Gasteiger partial charge in [-0.15, -0.1) is 0 Å². The molecule has 0 aliphatic carbocycles. The fourth-order valence-electron chi connectivity index (χ4n) is 1.85. The summed E-state index contributed by atoms with van der Waals surface area (Å²) in [5, 5.41) is 0. The van der Waals surface area contributed by atoms with Crippen LogP contribution in [0.25, 0.3) is 0 Å². The van der Waals surface area contributed by atoms with E-state index in [1.807, 2.05) is 32.0 Å². The number of hydroxylamine groups is 1. The lowest BCUT2D eigenvalue weighted by Crippen LogP contribution is -2.38. The van der Waals surface area contributed by atoms with Crippen LogP contribution >= 0.6 is 0 Å². The Kier molecular flexibility index (Phi) is 2.21. The molecular weight excluding hydrogens is 178 g/mol. The van der Waals surface area contributed by atoms with Crippen molar-refractivity contribution < 1.29 is 9.57 Å². The predicted octanol–water partition coefficient (Wildman–Crippen LogP) is 2.05. The van der Waals surface area contributed by atoms with Crippen LogP contribution < -0.4 is 10.2 Å². The highest BCUT2D eigenvalue weighted by Gasteiger charge is 2.40. The van der Waals surface area contributed by atoms with Crippen LogP contribution in [0.2, 0.25) is 0 Å². The average Bonchev–Trinajstić information content (AvgIpc) is 2.39. The number of ether oxygens (including phenoxy) is 1. The number of para-hydroxylation sites is 1. The monoisotopic (exact) mass is 193 g/mol. The van der Waals surface area contributed by atoms with Crippen LogP contribution in [-0.4, -0.2) is 12.7 Å². The van der Waals surface area contributed by atoms with Crippen molar-refractivity contribution in [1.82, 2.24) is 5.48 Å². The first-order valence-electron chi connectivity index (χ1n) is 4.71. The van der Waals surface area contributed by atoms with Crippen LogP contribution in [0.1, 0.15) is 25.5 Å². The van der Waals surface area contributed by atoms with E-state index in [4.69, 9.17) is 9.57 Å². The summed E-state index contributed by atoms with van der Waals surface area (Å²) in [6.45, 7) is 4.09. The van der Waals surface area contributed by atoms with Crippen LogP contribution in [0.5, 0.6) is 5.75 Å². The fourth-order valence-corrected chi connectivity index (χ4v) is 1.85. The van der Waals surface area contributed by atoms with Crippen molar-refractivity contribution in [3.8, 4) is 5.75 Å². The third-order valence-corrected chi connectivity index (χ3v) is 2.53. The highest BCUT2D eigenvalue weighted by Crippen LogP contribution is 2.42. The molecule has 0 amide bonds.